The van der Waals surface area contributed by atoms with Gasteiger partial charge in [-0.25, -0.2) is 13.6 Å². The van der Waals surface area contributed by atoms with Gasteiger partial charge >= 0.3 is 0 Å². The molecule has 1 atom stereocenters. The number of nitrogens with two attached hydrogens (primary N) is 2. The van der Waals surface area contributed by atoms with Gasteiger partial charge in [-0.3, -0.25) is 0 Å². The number of hydrogen-bond acceptors (Lipinski definition) is 5. The minimum absolute atomic E-state index is 0.0997. The molecule has 112 valence electrons. The van der Waals surface area contributed by atoms with E-state index in [1.54, 1.807) is 20.1 Å². The summed E-state index contributed by atoms with van der Waals surface area (Å²) in [7, 11) is -2.08. The highest BCUT2D eigenvalue weighted by molar-refractivity contribution is 7.89. The van der Waals surface area contributed by atoms with E-state index in [1.165, 1.54) is 6.07 Å². The molecule has 1 fully saturated rings. The Bertz CT molecular complexity index is 601. The Morgan fingerprint density at radius 1 is 1.45 bits per heavy atom. The highest BCUT2D eigenvalue weighted by Crippen LogP contribution is 2.32. The average Bonchev–Trinajstić information content (AvgIpc) is 2.79. The lowest BCUT2D eigenvalue weighted by Gasteiger charge is -2.23. The van der Waals surface area contributed by atoms with Crippen LogP contribution in [0.25, 0.3) is 0 Å². The number of ether oxygens (including phenoxy) is 1. The monoisotopic (exact) mass is 299 g/mol. The Balaban J connectivity index is 2.36. The van der Waals surface area contributed by atoms with Crippen molar-refractivity contribution >= 4 is 21.4 Å². The Kier molecular flexibility index (Phi) is 4.22. The van der Waals surface area contributed by atoms with Crippen LogP contribution in [0.1, 0.15) is 12.0 Å². The van der Waals surface area contributed by atoms with Crippen molar-refractivity contribution in [2.45, 2.75) is 18.2 Å². The molecule has 1 heterocycles. The number of benzene rings is 1. The molecule has 4 N–H and O–H groups in total. The molecule has 6 nitrogen and oxygen atoms in total. The average molecular weight is 299 g/mol. The molecule has 0 amide bonds. The second-order valence-corrected chi connectivity index (χ2v) is 6.79. The van der Waals surface area contributed by atoms with E-state index in [9.17, 15) is 8.42 Å². The Morgan fingerprint density at radius 3 is 2.75 bits per heavy atom. The number of rotatable bonds is 4. The summed E-state index contributed by atoms with van der Waals surface area (Å²) in [6.07, 6.45) is 1.02. The summed E-state index contributed by atoms with van der Waals surface area (Å²) in [6, 6.07) is 3.22. The molecule has 1 unspecified atom stereocenters. The zero-order valence-corrected chi connectivity index (χ0v) is 12.6. The molecule has 0 radical (unpaired) electrons. The first kappa shape index (κ1) is 15.1. The maximum Gasteiger partial charge on any atom is 0.238 e. The smallest absolute Gasteiger partial charge is 0.238 e. The van der Waals surface area contributed by atoms with Crippen LogP contribution in [-0.2, 0) is 14.8 Å². The van der Waals surface area contributed by atoms with Crippen LogP contribution in [0.5, 0.6) is 0 Å². The summed E-state index contributed by atoms with van der Waals surface area (Å²) in [5.74, 6) is 0.457. The zero-order valence-electron chi connectivity index (χ0n) is 11.8. The van der Waals surface area contributed by atoms with Gasteiger partial charge in [-0.15, -0.1) is 0 Å². The molecule has 0 bridgehead atoms. The molecule has 7 heteroatoms. The predicted molar refractivity (Wildman–Crippen MR) is 79.2 cm³/mol. The van der Waals surface area contributed by atoms with Gasteiger partial charge in [0.05, 0.1) is 11.5 Å². The van der Waals surface area contributed by atoms with E-state index in [0.717, 1.165) is 25.2 Å². The Labute approximate surface area is 119 Å². The maximum atomic E-state index is 11.6. The van der Waals surface area contributed by atoms with Crippen molar-refractivity contribution in [3.63, 3.8) is 0 Å². The SMILES string of the molecule is COCC1CCN(c2cc(N)cc(S(N)(=O)=O)c2C)C1. The fourth-order valence-electron chi connectivity index (χ4n) is 2.74. The van der Waals surface area contributed by atoms with Crippen molar-refractivity contribution in [3.05, 3.63) is 17.7 Å². The number of hydrogen-bond donors (Lipinski definition) is 2. The largest absolute Gasteiger partial charge is 0.399 e. The molecule has 1 aromatic carbocycles. The van der Waals surface area contributed by atoms with Gasteiger partial charge in [0.2, 0.25) is 10.0 Å². The third-order valence-corrected chi connectivity index (χ3v) is 4.73. The van der Waals surface area contributed by atoms with Gasteiger partial charge in [0.25, 0.3) is 0 Å². The minimum Gasteiger partial charge on any atom is -0.399 e. The summed E-state index contributed by atoms with van der Waals surface area (Å²) < 4.78 is 28.4. The first-order chi connectivity index (χ1) is 9.32. The summed E-state index contributed by atoms with van der Waals surface area (Å²) in [6.45, 7) is 4.17. The lowest BCUT2D eigenvalue weighted by molar-refractivity contribution is 0.161. The molecular formula is C13H21N3O3S. The van der Waals surface area contributed by atoms with E-state index in [4.69, 9.17) is 15.6 Å². The van der Waals surface area contributed by atoms with E-state index in [1.807, 2.05) is 0 Å². The summed E-state index contributed by atoms with van der Waals surface area (Å²) >= 11 is 0. The summed E-state index contributed by atoms with van der Waals surface area (Å²) in [5.41, 5.74) is 7.71. The molecule has 1 aliphatic heterocycles. The number of anilines is 2. The third kappa shape index (κ3) is 3.05. The molecule has 0 aliphatic carbocycles. The van der Waals surface area contributed by atoms with Crippen LogP contribution in [0.15, 0.2) is 17.0 Å². The number of sulfonamides is 1. The van der Waals surface area contributed by atoms with Crippen LogP contribution < -0.4 is 15.8 Å². The van der Waals surface area contributed by atoms with Crippen LogP contribution in [0.3, 0.4) is 0 Å². The molecule has 0 spiro atoms. The standard InChI is InChI=1S/C13H21N3O3S/c1-9-12(16-4-3-10(7-16)8-19-2)5-11(14)6-13(9)20(15,17)18/h5-6,10H,3-4,7-8,14H2,1-2H3,(H2,15,17,18). The second-order valence-electron chi connectivity index (χ2n) is 5.26. The summed E-state index contributed by atoms with van der Waals surface area (Å²) in [4.78, 5) is 2.24. The highest BCUT2D eigenvalue weighted by atomic mass is 32.2. The number of primary sulfonamides is 1. The van der Waals surface area contributed by atoms with E-state index < -0.39 is 10.0 Å². The van der Waals surface area contributed by atoms with Crippen molar-refractivity contribution in [2.24, 2.45) is 11.1 Å². The fourth-order valence-corrected chi connectivity index (χ4v) is 3.57. The van der Waals surface area contributed by atoms with Gasteiger partial charge < -0.3 is 15.4 Å². The van der Waals surface area contributed by atoms with Gasteiger partial charge in [0, 0.05) is 37.5 Å². The van der Waals surface area contributed by atoms with E-state index in [-0.39, 0.29) is 4.90 Å². The number of nitrogens with zero attached hydrogens (tertiary/aromatic N) is 1. The minimum atomic E-state index is -3.76. The van der Waals surface area contributed by atoms with E-state index in [2.05, 4.69) is 4.90 Å². The molecule has 0 aromatic heterocycles. The first-order valence-electron chi connectivity index (χ1n) is 6.49. The van der Waals surface area contributed by atoms with Crippen LogP contribution in [0, 0.1) is 12.8 Å². The summed E-state index contributed by atoms with van der Waals surface area (Å²) in [5, 5.41) is 5.25. The third-order valence-electron chi connectivity index (χ3n) is 3.69. The molecule has 1 saturated heterocycles. The van der Waals surface area contributed by atoms with Gasteiger partial charge in [0.15, 0.2) is 0 Å². The van der Waals surface area contributed by atoms with Crippen molar-refractivity contribution in [3.8, 4) is 0 Å². The van der Waals surface area contributed by atoms with Gasteiger partial charge in [-0.2, -0.15) is 0 Å². The van der Waals surface area contributed by atoms with Crippen molar-refractivity contribution in [1.82, 2.24) is 0 Å². The predicted octanol–water partition coefficient (Wildman–Crippen LogP) is 0.697. The van der Waals surface area contributed by atoms with Crippen molar-refractivity contribution < 1.29 is 13.2 Å². The van der Waals surface area contributed by atoms with Crippen LogP contribution in [0.4, 0.5) is 11.4 Å². The van der Waals surface area contributed by atoms with Crippen molar-refractivity contribution in [2.75, 3.05) is 37.4 Å². The van der Waals surface area contributed by atoms with Crippen LogP contribution in [0.2, 0.25) is 0 Å². The Morgan fingerprint density at radius 2 is 2.15 bits per heavy atom. The van der Waals surface area contributed by atoms with Gasteiger partial charge in [-0.05, 0) is 31.0 Å². The maximum absolute atomic E-state index is 11.6. The lowest BCUT2D eigenvalue weighted by atomic mass is 10.1. The molecule has 0 saturated carbocycles. The second kappa shape index (κ2) is 5.59. The highest BCUT2D eigenvalue weighted by Gasteiger charge is 2.26. The number of methoxy groups -OCH3 is 1. The Hall–Kier alpha value is -1.31. The van der Waals surface area contributed by atoms with Crippen LogP contribution in [-0.4, -0.2) is 35.2 Å². The fraction of sp³-hybridized carbons (Fsp3) is 0.538. The quantitative estimate of drug-likeness (QED) is 0.797. The lowest BCUT2D eigenvalue weighted by Crippen LogP contribution is -2.23. The molecule has 2 rings (SSSR count). The van der Waals surface area contributed by atoms with Crippen LogP contribution >= 0.6 is 0 Å². The molecule has 1 aliphatic rings. The molecule has 20 heavy (non-hydrogen) atoms. The van der Waals surface area contributed by atoms with Gasteiger partial charge in [-0.1, -0.05) is 0 Å². The molecule has 1 aromatic rings. The van der Waals surface area contributed by atoms with E-state index in [0.29, 0.717) is 23.8 Å². The van der Waals surface area contributed by atoms with Crippen molar-refractivity contribution in [1.29, 1.82) is 0 Å². The first-order valence-corrected chi connectivity index (χ1v) is 8.04. The number of nitrogen functional groups attached to an aromatic ring is 1. The molecular weight excluding hydrogens is 278 g/mol. The topological polar surface area (TPSA) is 98.7 Å². The van der Waals surface area contributed by atoms with E-state index >= 15 is 0 Å². The zero-order chi connectivity index (χ0) is 14.9. The van der Waals surface area contributed by atoms with Gasteiger partial charge in [0.1, 0.15) is 0 Å². The normalized spacial score (nSPS) is 19.6.